The molecule has 140 valence electrons. The van der Waals surface area contributed by atoms with Gasteiger partial charge in [0.05, 0.1) is 6.54 Å². The van der Waals surface area contributed by atoms with E-state index < -0.39 is 5.60 Å². The van der Waals surface area contributed by atoms with Crippen LogP contribution in [0.15, 0.2) is 29.3 Å². The minimum absolute atomic E-state index is 0.381. The Morgan fingerprint density at radius 1 is 1.20 bits per heavy atom. The molecule has 0 aliphatic heterocycles. The molecule has 0 radical (unpaired) electrons. The molecule has 3 N–H and O–H groups in total. The summed E-state index contributed by atoms with van der Waals surface area (Å²) in [6.45, 7) is 7.82. The second-order valence-corrected chi connectivity index (χ2v) is 6.63. The molecular formula is C20H33N3O2. The van der Waals surface area contributed by atoms with E-state index in [9.17, 15) is 5.11 Å². The number of hydrogen-bond donors (Lipinski definition) is 3. The van der Waals surface area contributed by atoms with Gasteiger partial charge < -0.3 is 20.5 Å². The number of benzene rings is 1. The zero-order valence-electron chi connectivity index (χ0n) is 15.7. The molecule has 1 unspecified atom stereocenters. The lowest BCUT2D eigenvalue weighted by Gasteiger charge is -2.22. The smallest absolute Gasteiger partial charge is 0.191 e. The minimum Gasteiger partial charge on any atom is -0.383 e. The third-order valence-electron chi connectivity index (χ3n) is 4.57. The predicted molar refractivity (Wildman–Crippen MR) is 103 cm³/mol. The Balaban J connectivity index is 1.81. The topological polar surface area (TPSA) is 65.9 Å². The van der Waals surface area contributed by atoms with E-state index in [-0.39, 0.29) is 0 Å². The average molecular weight is 348 g/mol. The Labute approximate surface area is 151 Å². The Morgan fingerprint density at radius 3 is 2.80 bits per heavy atom. The molecule has 1 aromatic carbocycles. The van der Waals surface area contributed by atoms with E-state index in [1.54, 1.807) is 0 Å². The summed E-state index contributed by atoms with van der Waals surface area (Å²) in [5, 5.41) is 17.5. The molecule has 0 saturated heterocycles. The van der Waals surface area contributed by atoms with Crippen LogP contribution >= 0.6 is 0 Å². The van der Waals surface area contributed by atoms with Crippen molar-refractivity contribution in [1.82, 2.24) is 10.6 Å². The van der Waals surface area contributed by atoms with Crippen LogP contribution in [0.3, 0.4) is 0 Å². The van der Waals surface area contributed by atoms with Crippen LogP contribution in [0.1, 0.15) is 50.7 Å². The highest BCUT2D eigenvalue weighted by Gasteiger charge is 2.36. The maximum Gasteiger partial charge on any atom is 0.191 e. The molecule has 2 rings (SSSR count). The van der Waals surface area contributed by atoms with Gasteiger partial charge in [0.15, 0.2) is 5.96 Å². The Bertz CT molecular complexity index is 547. The molecule has 0 aromatic heterocycles. The summed E-state index contributed by atoms with van der Waals surface area (Å²) < 4.78 is 5.57. The molecule has 1 aliphatic rings. The van der Waals surface area contributed by atoms with Gasteiger partial charge in [0.2, 0.25) is 0 Å². The zero-order valence-corrected chi connectivity index (χ0v) is 15.7. The monoisotopic (exact) mass is 347 g/mol. The van der Waals surface area contributed by atoms with Gasteiger partial charge >= 0.3 is 0 Å². The van der Waals surface area contributed by atoms with E-state index >= 15 is 0 Å². The minimum atomic E-state index is -0.845. The van der Waals surface area contributed by atoms with E-state index in [0.29, 0.717) is 6.54 Å². The molecule has 5 nitrogen and oxygen atoms in total. The quantitative estimate of drug-likeness (QED) is 0.346. The first-order valence-electron chi connectivity index (χ1n) is 9.60. The van der Waals surface area contributed by atoms with E-state index in [4.69, 9.17) is 4.74 Å². The number of guanidine groups is 1. The number of aryl methyl sites for hydroxylation is 1. The standard InChI is InChI=1S/C20H33N3O2/c1-3-5-14-25-15-8-13-22-19(21-4-2)23-16-20(24)12-11-17-9-6-7-10-18(17)20/h6-7,9-10,24H,3-5,8,11-16H2,1-2H3,(H2,21,22,23). The third-order valence-corrected chi connectivity index (χ3v) is 4.57. The molecule has 25 heavy (non-hydrogen) atoms. The first kappa shape index (κ1) is 19.7. The number of hydrogen-bond acceptors (Lipinski definition) is 3. The number of rotatable bonds is 10. The summed E-state index contributed by atoms with van der Waals surface area (Å²) in [7, 11) is 0. The van der Waals surface area contributed by atoms with Crippen molar-refractivity contribution >= 4 is 5.96 Å². The molecule has 0 amide bonds. The van der Waals surface area contributed by atoms with Crippen LogP contribution in [0.2, 0.25) is 0 Å². The maximum absolute atomic E-state index is 11.0. The van der Waals surface area contributed by atoms with Gasteiger partial charge in [-0.1, -0.05) is 37.6 Å². The molecule has 0 saturated carbocycles. The van der Waals surface area contributed by atoms with Crippen LogP contribution < -0.4 is 10.6 Å². The van der Waals surface area contributed by atoms with Gasteiger partial charge in [-0.15, -0.1) is 0 Å². The van der Waals surface area contributed by atoms with Crippen LogP contribution in [-0.2, 0) is 16.8 Å². The highest BCUT2D eigenvalue weighted by molar-refractivity contribution is 5.79. The molecular weight excluding hydrogens is 314 g/mol. The molecule has 0 bridgehead atoms. The zero-order chi connectivity index (χ0) is 18.0. The third kappa shape index (κ3) is 6.01. The summed E-state index contributed by atoms with van der Waals surface area (Å²) in [6.07, 6.45) is 4.89. The van der Waals surface area contributed by atoms with Crippen LogP contribution in [0, 0.1) is 0 Å². The fraction of sp³-hybridized carbons (Fsp3) is 0.650. The van der Waals surface area contributed by atoms with Gasteiger partial charge in [-0.3, -0.25) is 0 Å². The lowest BCUT2D eigenvalue weighted by atomic mass is 9.96. The molecule has 1 aromatic rings. The number of nitrogens with zero attached hydrogens (tertiary/aromatic N) is 1. The molecule has 1 atom stereocenters. The van der Waals surface area contributed by atoms with E-state index in [0.717, 1.165) is 63.5 Å². The van der Waals surface area contributed by atoms with Crippen molar-refractivity contribution in [2.75, 3.05) is 32.8 Å². The second kappa shape index (κ2) is 10.4. The van der Waals surface area contributed by atoms with Crippen molar-refractivity contribution in [2.45, 2.75) is 51.6 Å². The molecule has 0 heterocycles. The number of aliphatic imine (C=N–C) groups is 1. The van der Waals surface area contributed by atoms with Crippen LogP contribution in [-0.4, -0.2) is 43.9 Å². The fourth-order valence-electron chi connectivity index (χ4n) is 3.11. The maximum atomic E-state index is 11.0. The van der Waals surface area contributed by atoms with Crippen molar-refractivity contribution < 1.29 is 9.84 Å². The van der Waals surface area contributed by atoms with Gasteiger partial charge in [0.25, 0.3) is 0 Å². The van der Waals surface area contributed by atoms with Crippen molar-refractivity contribution in [2.24, 2.45) is 4.99 Å². The first-order valence-corrected chi connectivity index (χ1v) is 9.60. The normalized spacial score (nSPS) is 19.7. The summed E-state index contributed by atoms with van der Waals surface area (Å²) in [4.78, 5) is 4.62. The molecule has 0 spiro atoms. The molecule has 0 fully saturated rings. The highest BCUT2D eigenvalue weighted by Crippen LogP contribution is 2.36. The highest BCUT2D eigenvalue weighted by atomic mass is 16.5. The summed E-state index contributed by atoms with van der Waals surface area (Å²) in [5.41, 5.74) is 1.42. The van der Waals surface area contributed by atoms with E-state index in [1.807, 2.05) is 25.1 Å². The van der Waals surface area contributed by atoms with Crippen molar-refractivity contribution in [3.63, 3.8) is 0 Å². The number of ether oxygens (including phenoxy) is 1. The predicted octanol–water partition coefficient (Wildman–Crippen LogP) is 2.58. The van der Waals surface area contributed by atoms with Crippen LogP contribution in [0.5, 0.6) is 0 Å². The number of nitrogens with one attached hydrogen (secondary N) is 2. The molecule has 1 aliphatic carbocycles. The van der Waals surface area contributed by atoms with Crippen molar-refractivity contribution in [1.29, 1.82) is 0 Å². The fourth-order valence-corrected chi connectivity index (χ4v) is 3.11. The lowest BCUT2D eigenvalue weighted by molar-refractivity contribution is 0.0485. The summed E-state index contributed by atoms with van der Waals surface area (Å²) in [5.74, 6) is 0.758. The van der Waals surface area contributed by atoms with Crippen LogP contribution in [0.4, 0.5) is 0 Å². The largest absolute Gasteiger partial charge is 0.383 e. The summed E-state index contributed by atoms with van der Waals surface area (Å²) >= 11 is 0. The van der Waals surface area contributed by atoms with E-state index in [2.05, 4.69) is 28.6 Å². The summed E-state index contributed by atoms with van der Waals surface area (Å²) in [6, 6.07) is 8.13. The van der Waals surface area contributed by atoms with Gasteiger partial charge in [-0.2, -0.15) is 0 Å². The molecule has 5 heteroatoms. The van der Waals surface area contributed by atoms with E-state index in [1.165, 1.54) is 12.0 Å². The average Bonchev–Trinajstić information content (AvgIpc) is 2.97. The number of unbranched alkanes of at least 4 members (excludes halogenated alkanes) is 1. The Morgan fingerprint density at radius 2 is 2.00 bits per heavy atom. The number of fused-ring (bicyclic) bond motifs is 1. The van der Waals surface area contributed by atoms with Gasteiger partial charge in [0.1, 0.15) is 5.60 Å². The van der Waals surface area contributed by atoms with Crippen molar-refractivity contribution in [3.05, 3.63) is 35.4 Å². The van der Waals surface area contributed by atoms with Gasteiger partial charge in [-0.05, 0) is 43.7 Å². The van der Waals surface area contributed by atoms with Gasteiger partial charge in [0, 0.05) is 26.3 Å². The van der Waals surface area contributed by atoms with Crippen LogP contribution in [0.25, 0.3) is 0 Å². The first-order chi connectivity index (χ1) is 12.2. The van der Waals surface area contributed by atoms with Crippen molar-refractivity contribution in [3.8, 4) is 0 Å². The Hall–Kier alpha value is -1.59. The van der Waals surface area contributed by atoms with Gasteiger partial charge in [-0.25, -0.2) is 4.99 Å². The lowest BCUT2D eigenvalue weighted by Crippen LogP contribution is -2.39. The Kier molecular flexibility index (Phi) is 8.22. The SMILES string of the molecule is CCCCOCCCNC(=NCC1(O)CCc2ccccc21)NCC. The number of aliphatic hydroxyl groups is 1. The second-order valence-electron chi connectivity index (χ2n) is 6.63.